The van der Waals surface area contributed by atoms with Gasteiger partial charge in [0.15, 0.2) is 0 Å². The van der Waals surface area contributed by atoms with E-state index in [0.717, 1.165) is 17.1 Å². The maximum atomic E-state index is 13.0. The molecule has 3 aromatic carbocycles. The maximum Gasteiger partial charge on any atom is 0.255 e. The average Bonchev–Trinajstić information content (AvgIpc) is 3.19. The molecule has 27 heavy (non-hydrogen) atoms. The highest BCUT2D eigenvalue weighted by Gasteiger charge is 2.32. The standard InChI is InChI=1S/C22H18ClNO2S/c23-20-9-5-4-8-19(20)22-24(14-15-27-22)21(25)16-10-12-18(13-11-16)26-17-6-2-1-3-7-17/h1-13,22H,14-15H2. The minimum absolute atomic E-state index is 0.0104. The molecule has 4 rings (SSSR count). The summed E-state index contributed by atoms with van der Waals surface area (Å²) in [5.41, 5.74) is 1.63. The summed E-state index contributed by atoms with van der Waals surface area (Å²) in [5.74, 6) is 2.38. The molecule has 1 fully saturated rings. The van der Waals surface area contributed by atoms with Crippen molar-refractivity contribution in [3.05, 3.63) is 95.0 Å². The number of nitrogens with zero attached hydrogens (tertiary/aromatic N) is 1. The molecule has 0 aliphatic carbocycles. The van der Waals surface area contributed by atoms with Crippen molar-refractivity contribution >= 4 is 29.3 Å². The van der Waals surface area contributed by atoms with Crippen LogP contribution in [-0.2, 0) is 0 Å². The summed E-state index contributed by atoms with van der Waals surface area (Å²) in [6.07, 6.45) is 0. The number of ether oxygens (including phenoxy) is 1. The van der Waals surface area contributed by atoms with Gasteiger partial charge >= 0.3 is 0 Å². The summed E-state index contributed by atoms with van der Waals surface area (Å²) in [5, 5.41) is 0.646. The second-order valence-corrected chi connectivity index (χ2v) is 7.78. The smallest absolute Gasteiger partial charge is 0.255 e. The van der Waals surface area contributed by atoms with E-state index >= 15 is 0 Å². The highest BCUT2D eigenvalue weighted by molar-refractivity contribution is 7.99. The Balaban J connectivity index is 1.51. The molecular weight excluding hydrogens is 378 g/mol. The Bertz CT molecular complexity index is 931. The Morgan fingerprint density at radius 1 is 0.926 bits per heavy atom. The number of hydrogen-bond acceptors (Lipinski definition) is 3. The molecule has 0 saturated carbocycles. The molecule has 1 aliphatic heterocycles. The Morgan fingerprint density at radius 3 is 2.33 bits per heavy atom. The fourth-order valence-corrected chi connectivity index (χ4v) is 4.66. The largest absolute Gasteiger partial charge is 0.457 e. The van der Waals surface area contributed by atoms with Crippen molar-refractivity contribution in [3.63, 3.8) is 0 Å². The Kier molecular flexibility index (Phi) is 5.37. The van der Waals surface area contributed by atoms with E-state index in [2.05, 4.69) is 0 Å². The first-order valence-electron chi connectivity index (χ1n) is 8.72. The van der Waals surface area contributed by atoms with E-state index in [1.165, 1.54) is 0 Å². The summed E-state index contributed by atoms with van der Waals surface area (Å²) in [6, 6.07) is 24.6. The molecule has 0 N–H and O–H groups in total. The fourth-order valence-electron chi connectivity index (χ4n) is 3.07. The first kappa shape index (κ1) is 18.0. The monoisotopic (exact) mass is 395 g/mol. The van der Waals surface area contributed by atoms with Crippen LogP contribution in [0.2, 0.25) is 5.02 Å². The number of benzene rings is 3. The normalized spacial score (nSPS) is 16.3. The molecule has 1 atom stereocenters. The average molecular weight is 396 g/mol. The summed E-state index contributed by atoms with van der Waals surface area (Å²) >= 11 is 8.09. The number of hydrogen-bond donors (Lipinski definition) is 0. The predicted octanol–water partition coefficient (Wildman–Crippen LogP) is 6.02. The summed E-state index contributed by atoms with van der Waals surface area (Å²) in [4.78, 5) is 14.9. The van der Waals surface area contributed by atoms with Gasteiger partial charge in [0.2, 0.25) is 0 Å². The highest BCUT2D eigenvalue weighted by atomic mass is 35.5. The van der Waals surface area contributed by atoms with E-state index in [-0.39, 0.29) is 11.3 Å². The van der Waals surface area contributed by atoms with Gasteiger partial charge in [0.25, 0.3) is 5.91 Å². The Hall–Kier alpha value is -2.43. The number of rotatable bonds is 4. The van der Waals surface area contributed by atoms with Crippen molar-refractivity contribution in [1.82, 2.24) is 4.90 Å². The molecule has 3 nitrogen and oxygen atoms in total. The quantitative estimate of drug-likeness (QED) is 0.541. The van der Waals surface area contributed by atoms with Crippen molar-refractivity contribution in [2.45, 2.75) is 5.37 Å². The SMILES string of the molecule is O=C(c1ccc(Oc2ccccc2)cc1)N1CCSC1c1ccccc1Cl. The van der Waals surface area contributed by atoms with E-state index in [0.29, 0.717) is 22.9 Å². The molecule has 1 saturated heterocycles. The Labute approximate surface area is 167 Å². The minimum atomic E-state index is -0.0496. The fraction of sp³-hybridized carbons (Fsp3) is 0.136. The van der Waals surface area contributed by atoms with Gasteiger partial charge in [-0.05, 0) is 42.5 Å². The lowest BCUT2D eigenvalue weighted by atomic mass is 10.1. The van der Waals surface area contributed by atoms with Gasteiger partial charge < -0.3 is 9.64 Å². The molecule has 136 valence electrons. The Morgan fingerprint density at radius 2 is 1.59 bits per heavy atom. The van der Waals surface area contributed by atoms with E-state index in [1.807, 2.05) is 83.8 Å². The third kappa shape index (κ3) is 3.97. The number of thioether (sulfide) groups is 1. The molecule has 0 spiro atoms. The van der Waals surface area contributed by atoms with Crippen molar-refractivity contribution in [2.24, 2.45) is 0 Å². The van der Waals surface area contributed by atoms with Gasteiger partial charge in [-0.15, -0.1) is 11.8 Å². The number of amides is 1. The first-order chi connectivity index (χ1) is 13.2. The van der Waals surface area contributed by atoms with Crippen LogP contribution in [0, 0.1) is 0 Å². The van der Waals surface area contributed by atoms with E-state index in [1.54, 1.807) is 11.8 Å². The molecule has 1 amide bonds. The van der Waals surface area contributed by atoms with E-state index in [9.17, 15) is 4.79 Å². The van der Waals surface area contributed by atoms with Gasteiger partial charge in [0, 0.05) is 28.4 Å². The zero-order chi connectivity index (χ0) is 18.6. The molecular formula is C22H18ClNO2S. The van der Waals surface area contributed by atoms with Crippen LogP contribution in [0.5, 0.6) is 11.5 Å². The topological polar surface area (TPSA) is 29.5 Å². The molecule has 0 aromatic heterocycles. The molecule has 1 unspecified atom stereocenters. The second kappa shape index (κ2) is 8.07. The van der Waals surface area contributed by atoms with Crippen LogP contribution in [-0.4, -0.2) is 23.1 Å². The third-order valence-electron chi connectivity index (χ3n) is 4.40. The van der Waals surface area contributed by atoms with Gasteiger partial charge in [0.1, 0.15) is 16.9 Å². The first-order valence-corrected chi connectivity index (χ1v) is 10.1. The summed E-state index contributed by atoms with van der Waals surface area (Å²) < 4.78 is 5.80. The van der Waals surface area contributed by atoms with Crippen molar-refractivity contribution < 1.29 is 9.53 Å². The highest BCUT2D eigenvalue weighted by Crippen LogP contribution is 2.41. The number of carbonyl (C=O) groups excluding carboxylic acids is 1. The van der Waals surface area contributed by atoms with Crippen molar-refractivity contribution in [2.75, 3.05) is 12.3 Å². The van der Waals surface area contributed by atoms with E-state index in [4.69, 9.17) is 16.3 Å². The molecule has 1 heterocycles. The van der Waals surface area contributed by atoms with Crippen LogP contribution in [0.15, 0.2) is 78.9 Å². The lowest BCUT2D eigenvalue weighted by Crippen LogP contribution is -2.30. The summed E-state index contributed by atoms with van der Waals surface area (Å²) in [7, 11) is 0. The molecule has 5 heteroatoms. The third-order valence-corrected chi connectivity index (χ3v) is 5.99. The van der Waals surface area contributed by atoms with Crippen LogP contribution in [0.4, 0.5) is 0 Å². The van der Waals surface area contributed by atoms with Crippen molar-refractivity contribution in [1.29, 1.82) is 0 Å². The number of para-hydroxylation sites is 1. The van der Waals surface area contributed by atoms with Crippen LogP contribution < -0.4 is 4.74 Å². The van der Waals surface area contributed by atoms with Crippen molar-refractivity contribution in [3.8, 4) is 11.5 Å². The van der Waals surface area contributed by atoms with Crippen LogP contribution in [0.3, 0.4) is 0 Å². The number of carbonyl (C=O) groups is 1. The zero-order valence-corrected chi connectivity index (χ0v) is 16.1. The number of halogens is 1. The molecule has 1 aliphatic rings. The van der Waals surface area contributed by atoms with Crippen LogP contribution >= 0.6 is 23.4 Å². The summed E-state index contributed by atoms with van der Waals surface area (Å²) in [6.45, 7) is 0.710. The molecule has 0 bridgehead atoms. The van der Waals surface area contributed by atoms with Crippen LogP contribution in [0.25, 0.3) is 0 Å². The van der Waals surface area contributed by atoms with Gasteiger partial charge in [-0.1, -0.05) is 48.0 Å². The lowest BCUT2D eigenvalue weighted by Gasteiger charge is -2.25. The molecule has 3 aromatic rings. The van der Waals surface area contributed by atoms with Crippen LogP contribution in [0.1, 0.15) is 21.3 Å². The van der Waals surface area contributed by atoms with Gasteiger partial charge in [0.05, 0.1) is 0 Å². The van der Waals surface area contributed by atoms with Gasteiger partial charge in [-0.2, -0.15) is 0 Å². The van der Waals surface area contributed by atoms with Gasteiger partial charge in [-0.25, -0.2) is 0 Å². The van der Waals surface area contributed by atoms with Gasteiger partial charge in [-0.3, -0.25) is 4.79 Å². The zero-order valence-electron chi connectivity index (χ0n) is 14.5. The molecule has 0 radical (unpaired) electrons. The minimum Gasteiger partial charge on any atom is -0.457 e. The second-order valence-electron chi connectivity index (χ2n) is 6.18. The predicted molar refractivity (Wildman–Crippen MR) is 111 cm³/mol. The lowest BCUT2D eigenvalue weighted by molar-refractivity contribution is 0.0760. The van der Waals surface area contributed by atoms with E-state index < -0.39 is 0 Å². The maximum absolute atomic E-state index is 13.0.